The number of carbonyl (C=O) groups is 1. The molecule has 5 nitrogen and oxygen atoms in total. The normalized spacial score (nSPS) is 16.2. The van der Waals surface area contributed by atoms with Crippen LogP contribution < -0.4 is 15.2 Å². The maximum absolute atomic E-state index is 11.8. The molecule has 5 heteroatoms. The van der Waals surface area contributed by atoms with Crippen LogP contribution in [0.3, 0.4) is 0 Å². The van der Waals surface area contributed by atoms with Crippen LogP contribution in [0.15, 0.2) is 12.1 Å². The molecule has 20 heavy (non-hydrogen) atoms. The van der Waals surface area contributed by atoms with Crippen molar-refractivity contribution in [3.8, 4) is 11.5 Å². The van der Waals surface area contributed by atoms with Crippen molar-refractivity contribution in [3.05, 3.63) is 23.3 Å². The van der Waals surface area contributed by atoms with Crippen molar-refractivity contribution in [2.75, 3.05) is 27.9 Å². The van der Waals surface area contributed by atoms with Crippen molar-refractivity contribution < 1.29 is 19.0 Å². The number of esters is 1. The van der Waals surface area contributed by atoms with Gasteiger partial charge in [0.2, 0.25) is 0 Å². The number of carbonyl (C=O) groups excluding carboxylic acids is 1. The van der Waals surface area contributed by atoms with Gasteiger partial charge in [-0.2, -0.15) is 0 Å². The monoisotopic (exact) mass is 279 g/mol. The van der Waals surface area contributed by atoms with E-state index in [1.54, 1.807) is 20.3 Å². The van der Waals surface area contributed by atoms with Gasteiger partial charge in [0.15, 0.2) is 11.5 Å². The molecule has 2 rings (SSSR count). The summed E-state index contributed by atoms with van der Waals surface area (Å²) >= 11 is 0. The molecule has 0 amide bonds. The van der Waals surface area contributed by atoms with E-state index in [1.807, 2.05) is 6.07 Å². The third kappa shape index (κ3) is 2.22. The number of benzene rings is 1. The van der Waals surface area contributed by atoms with E-state index in [2.05, 4.69) is 0 Å². The Hall–Kier alpha value is -1.75. The lowest BCUT2D eigenvalue weighted by Gasteiger charge is -2.42. The Labute approximate surface area is 119 Å². The van der Waals surface area contributed by atoms with Crippen LogP contribution in [0.4, 0.5) is 0 Å². The van der Waals surface area contributed by atoms with Crippen LogP contribution in [-0.4, -0.2) is 33.8 Å². The van der Waals surface area contributed by atoms with E-state index in [4.69, 9.17) is 19.9 Å². The summed E-state index contributed by atoms with van der Waals surface area (Å²) in [6.45, 7) is 0.525. The minimum atomic E-state index is -0.390. The smallest absolute Gasteiger partial charge is 0.337 e. The van der Waals surface area contributed by atoms with E-state index in [1.165, 1.54) is 7.11 Å². The molecular formula is C15H21NO4. The third-order valence-corrected chi connectivity index (χ3v) is 4.17. The fraction of sp³-hybridized carbons (Fsp3) is 0.533. The molecule has 2 N–H and O–H groups in total. The summed E-state index contributed by atoms with van der Waals surface area (Å²) in [5.74, 6) is 0.800. The summed E-state index contributed by atoms with van der Waals surface area (Å²) in [5.41, 5.74) is 7.24. The first-order valence-corrected chi connectivity index (χ1v) is 6.66. The molecule has 1 fully saturated rings. The van der Waals surface area contributed by atoms with Crippen LogP contribution in [-0.2, 0) is 10.2 Å². The Morgan fingerprint density at radius 2 is 1.95 bits per heavy atom. The zero-order chi connectivity index (χ0) is 14.8. The first-order chi connectivity index (χ1) is 9.61. The van der Waals surface area contributed by atoms with Gasteiger partial charge in [0.05, 0.1) is 26.9 Å². The zero-order valence-electron chi connectivity index (χ0n) is 12.2. The molecular weight excluding hydrogens is 258 g/mol. The van der Waals surface area contributed by atoms with Gasteiger partial charge in [-0.05, 0) is 25.0 Å². The van der Waals surface area contributed by atoms with Gasteiger partial charge in [-0.25, -0.2) is 4.79 Å². The summed E-state index contributed by atoms with van der Waals surface area (Å²) in [6, 6.07) is 3.45. The first kappa shape index (κ1) is 14.7. The Morgan fingerprint density at radius 3 is 2.35 bits per heavy atom. The molecule has 1 aliphatic rings. The average Bonchev–Trinajstić information content (AvgIpc) is 2.44. The molecule has 0 atom stereocenters. The highest BCUT2D eigenvalue weighted by molar-refractivity contribution is 5.90. The maximum atomic E-state index is 11.8. The Balaban J connectivity index is 2.60. The lowest BCUT2D eigenvalue weighted by molar-refractivity contribution is 0.0600. The lowest BCUT2D eigenvalue weighted by Crippen LogP contribution is -2.42. The fourth-order valence-corrected chi connectivity index (χ4v) is 2.78. The summed E-state index contributed by atoms with van der Waals surface area (Å²) in [5, 5.41) is 0. The second kappa shape index (κ2) is 5.71. The molecule has 0 unspecified atom stereocenters. The average molecular weight is 279 g/mol. The Morgan fingerprint density at radius 1 is 1.25 bits per heavy atom. The SMILES string of the molecule is COC(=O)c1cc(OC)c(OC)c(C2(CN)CCC2)c1. The summed E-state index contributed by atoms with van der Waals surface area (Å²) in [7, 11) is 4.52. The highest BCUT2D eigenvalue weighted by atomic mass is 16.5. The molecule has 0 heterocycles. The molecule has 1 aromatic rings. The second-order valence-electron chi connectivity index (χ2n) is 5.09. The van der Waals surface area contributed by atoms with E-state index in [0.29, 0.717) is 23.6 Å². The highest BCUT2D eigenvalue weighted by Crippen LogP contribution is 2.49. The lowest BCUT2D eigenvalue weighted by atomic mass is 9.64. The Kier molecular flexibility index (Phi) is 4.18. The standard InChI is InChI=1S/C15H21NO4/c1-18-12-8-10(14(17)20-3)7-11(13(12)19-2)15(9-16)5-4-6-15/h7-8H,4-6,9,16H2,1-3H3. The van der Waals surface area contributed by atoms with Crippen molar-refractivity contribution >= 4 is 5.97 Å². The van der Waals surface area contributed by atoms with E-state index in [9.17, 15) is 4.79 Å². The summed E-state index contributed by atoms with van der Waals surface area (Å²) in [6.07, 6.45) is 3.12. The summed E-state index contributed by atoms with van der Waals surface area (Å²) < 4.78 is 15.6. The quantitative estimate of drug-likeness (QED) is 0.833. The summed E-state index contributed by atoms with van der Waals surface area (Å²) in [4.78, 5) is 11.8. The van der Waals surface area contributed by atoms with Crippen LogP contribution in [0, 0.1) is 0 Å². The number of rotatable bonds is 5. The topological polar surface area (TPSA) is 70.8 Å². The minimum absolute atomic E-state index is 0.122. The van der Waals surface area contributed by atoms with E-state index < -0.39 is 5.97 Å². The van der Waals surface area contributed by atoms with Crippen LogP contribution in [0.1, 0.15) is 35.2 Å². The van der Waals surface area contributed by atoms with Gasteiger partial charge in [-0.3, -0.25) is 0 Å². The van der Waals surface area contributed by atoms with Crippen LogP contribution in [0.5, 0.6) is 11.5 Å². The second-order valence-corrected chi connectivity index (χ2v) is 5.09. The van der Waals surface area contributed by atoms with Gasteiger partial charge >= 0.3 is 5.97 Å². The Bertz CT molecular complexity index is 503. The van der Waals surface area contributed by atoms with Crippen molar-refractivity contribution in [3.63, 3.8) is 0 Å². The van der Waals surface area contributed by atoms with E-state index in [-0.39, 0.29) is 5.41 Å². The van der Waals surface area contributed by atoms with E-state index in [0.717, 1.165) is 24.8 Å². The first-order valence-electron chi connectivity index (χ1n) is 6.66. The van der Waals surface area contributed by atoms with Gasteiger partial charge in [0.25, 0.3) is 0 Å². The number of hydrogen-bond acceptors (Lipinski definition) is 5. The highest BCUT2D eigenvalue weighted by Gasteiger charge is 2.41. The van der Waals surface area contributed by atoms with Gasteiger partial charge in [0.1, 0.15) is 0 Å². The van der Waals surface area contributed by atoms with Gasteiger partial charge in [0, 0.05) is 17.5 Å². The number of ether oxygens (including phenoxy) is 3. The molecule has 1 aromatic carbocycles. The van der Waals surface area contributed by atoms with Crippen LogP contribution >= 0.6 is 0 Å². The number of hydrogen-bond donors (Lipinski definition) is 1. The molecule has 0 aromatic heterocycles. The molecule has 0 aliphatic heterocycles. The van der Waals surface area contributed by atoms with Crippen molar-refractivity contribution in [2.24, 2.45) is 5.73 Å². The number of methoxy groups -OCH3 is 3. The van der Waals surface area contributed by atoms with Gasteiger partial charge in [-0.1, -0.05) is 6.42 Å². The van der Waals surface area contributed by atoms with Crippen LogP contribution in [0.2, 0.25) is 0 Å². The van der Waals surface area contributed by atoms with Crippen molar-refractivity contribution in [2.45, 2.75) is 24.7 Å². The van der Waals surface area contributed by atoms with E-state index >= 15 is 0 Å². The molecule has 0 saturated heterocycles. The molecule has 1 saturated carbocycles. The zero-order valence-corrected chi connectivity index (χ0v) is 12.2. The predicted molar refractivity (Wildman–Crippen MR) is 75.5 cm³/mol. The minimum Gasteiger partial charge on any atom is -0.493 e. The van der Waals surface area contributed by atoms with Gasteiger partial charge in [-0.15, -0.1) is 0 Å². The van der Waals surface area contributed by atoms with Crippen LogP contribution in [0.25, 0.3) is 0 Å². The molecule has 0 spiro atoms. The predicted octanol–water partition coefficient (Wildman–Crippen LogP) is 1.87. The fourth-order valence-electron chi connectivity index (χ4n) is 2.78. The largest absolute Gasteiger partial charge is 0.493 e. The van der Waals surface area contributed by atoms with Gasteiger partial charge < -0.3 is 19.9 Å². The molecule has 110 valence electrons. The molecule has 1 aliphatic carbocycles. The number of nitrogens with two attached hydrogens (primary N) is 1. The van der Waals surface area contributed by atoms with Crippen molar-refractivity contribution in [1.29, 1.82) is 0 Å². The molecule has 0 bridgehead atoms. The van der Waals surface area contributed by atoms with Crippen molar-refractivity contribution in [1.82, 2.24) is 0 Å². The maximum Gasteiger partial charge on any atom is 0.337 e. The molecule has 0 radical (unpaired) electrons. The third-order valence-electron chi connectivity index (χ3n) is 4.17.